The van der Waals surface area contributed by atoms with E-state index >= 15 is 0 Å². The van der Waals surface area contributed by atoms with Crippen molar-refractivity contribution in [3.05, 3.63) is 52.1 Å². The summed E-state index contributed by atoms with van der Waals surface area (Å²) in [6.45, 7) is 0.193. The fourth-order valence-corrected chi connectivity index (χ4v) is 2.54. The number of alkyl halides is 1. The van der Waals surface area contributed by atoms with E-state index < -0.39 is 11.7 Å². The number of hydrogen-bond acceptors (Lipinski definition) is 5. The van der Waals surface area contributed by atoms with Gasteiger partial charge in [0.2, 0.25) is 5.95 Å². The third kappa shape index (κ3) is 3.20. The van der Waals surface area contributed by atoms with Crippen LogP contribution in [0.4, 0.5) is 5.95 Å². The SMILES string of the molecule is Nc1nc2c(nc(Cc3ccccc3)n2CC(O)CCl)c(=O)[nH]1. The van der Waals surface area contributed by atoms with Gasteiger partial charge in [-0.3, -0.25) is 9.78 Å². The van der Waals surface area contributed by atoms with Gasteiger partial charge in [-0.25, -0.2) is 4.98 Å². The van der Waals surface area contributed by atoms with Crippen molar-refractivity contribution in [2.45, 2.75) is 19.1 Å². The highest BCUT2D eigenvalue weighted by atomic mass is 35.5. The number of H-pyrrole nitrogens is 1. The van der Waals surface area contributed by atoms with E-state index in [0.717, 1.165) is 5.56 Å². The zero-order chi connectivity index (χ0) is 16.4. The average molecular weight is 334 g/mol. The Labute approximate surface area is 136 Å². The van der Waals surface area contributed by atoms with Crippen molar-refractivity contribution in [2.24, 2.45) is 0 Å². The summed E-state index contributed by atoms with van der Waals surface area (Å²) in [5.41, 5.74) is 6.81. The summed E-state index contributed by atoms with van der Waals surface area (Å²) in [6, 6.07) is 9.72. The molecule has 1 aromatic carbocycles. The Balaban J connectivity index is 2.13. The van der Waals surface area contributed by atoms with Gasteiger partial charge in [0.25, 0.3) is 5.56 Å². The number of aromatic nitrogens is 4. The number of nitrogens with two attached hydrogens (primary N) is 1. The molecule has 2 aromatic heterocycles. The van der Waals surface area contributed by atoms with Gasteiger partial charge in [0.05, 0.1) is 18.5 Å². The van der Waals surface area contributed by atoms with E-state index in [0.29, 0.717) is 17.9 Å². The van der Waals surface area contributed by atoms with Gasteiger partial charge >= 0.3 is 0 Å². The molecule has 0 spiro atoms. The zero-order valence-corrected chi connectivity index (χ0v) is 13.0. The minimum Gasteiger partial charge on any atom is -0.390 e. The fourth-order valence-electron chi connectivity index (χ4n) is 2.44. The molecule has 0 aliphatic rings. The van der Waals surface area contributed by atoms with Crippen molar-refractivity contribution in [1.29, 1.82) is 0 Å². The predicted molar refractivity (Wildman–Crippen MR) is 88.5 cm³/mol. The van der Waals surface area contributed by atoms with E-state index in [1.165, 1.54) is 0 Å². The molecule has 0 fully saturated rings. The van der Waals surface area contributed by atoms with E-state index in [1.54, 1.807) is 4.57 Å². The molecule has 1 unspecified atom stereocenters. The fraction of sp³-hybridized carbons (Fsp3) is 0.267. The molecule has 4 N–H and O–H groups in total. The maximum atomic E-state index is 12.0. The topological polar surface area (TPSA) is 110 Å². The number of aromatic amines is 1. The Bertz CT molecular complexity index is 875. The van der Waals surface area contributed by atoms with Crippen molar-refractivity contribution in [3.63, 3.8) is 0 Å². The highest BCUT2D eigenvalue weighted by molar-refractivity contribution is 6.18. The number of aliphatic hydroxyl groups is 1. The molecule has 0 saturated heterocycles. The molecule has 0 aliphatic carbocycles. The van der Waals surface area contributed by atoms with E-state index in [4.69, 9.17) is 17.3 Å². The molecule has 8 heteroatoms. The van der Waals surface area contributed by atoms with Crippen molar-refractivity contribution >= 4 is 28.7 Å². The van der Waals surface area contributed by atoms with Crippen LogP contribution in [0, 0.1) is 0 Å². The number of nitrogen functional groups attached to an aromatic ring is 1. The van der Waals surface area contributed by atoms with Gasteiger partial charge < -0.3 is 15.4 Å². The average Bonchev–Trinajstić information content (AvgIpc) is 2.86. The molecule has 2 heterocycles. The van der Waals surface area contributed by atoms with Crippen LogP contribution in [0.15, 0.2) is 35.1 Å². The number of hydrogen-bond donors (Lipinski definition) is 3. The first-order chi connectivity index (χ1) is 11.1. The minimum atomic E-state index is -0.772. The highest BCUT2D eigenvalue weighted by Gasteiger charge is 2.18. The first-order valence-corrected chi connectivity index (χ1v) is 7.64. The Morgan fingerprint density at radius 1 is 1.30 bits per heavy atom. The molecular weight excluding hydrogens is 318 g/mol. The van der Waals surface area contributed by atoms with Crippen LogP contribution in [-0.2, 0) is 13.0 Å². The molecule has 120 valence electrons. The number of anilines is 1. The Kier molecular flexibility index (Phi) is 4.31. The molecule has 1 atom stereocenters. The van der Waals surface area contributed by atoms with Crippen LogP contribution in [-0.4, -0.2) is 36.6 Å². The summed E-state index contributed by atoms with van der Waals surface area (Å²) in [5, 5.41) is 9.89. The molecular formula is C15H16ClN5O2. The lowest BCUT2D eigenvalue weighted by molar-refractivity contribution is 0.177. The summed E-state index contributed by atoms with van der Waals surface area (Å²) >= 11 is 5.70. The summed E-state index contributed by atoms with van der Waals surface area (Å²) in [5.74, 6) is 0.706. The molecule has 0 amide bonds. The number of rotatable bonds is 5. The van der Waals surface area contributed by atoms with Gasteiger partial charge in [-0.05, 0) is 5.56 Å². The van der Waals surface area contributed by atoms with Crippen LogP contribution in [0.2, 0.25) is 0 Å². The summed E-state index contributed by atoms with van der Waals surface area (Å²) < 4.78 is 1.70. The maximum Gasteiger partial charge on any atom is 0.280 e. The number of imidazole rings is 1. The van der Waals surface area contributed by atoms with Crippen LogP contribution in [0.1, 0.15) is 11.4 Å². The normalized spacial score (nSPS) is 12.6. The lowest BCUT2D eigenvalue weighted by Gasteiger charge is -2.12. The third-order valence-electron chi connectivity index (χ3n) is 3.48. The van der Waals surface area contributed by atoms with E-state index in [2.05, 4.69) is 15.0 Å². The van der Waals surface area contributed by atoms with Gasteiger partial charge in [-0.1, -0.05) is 30.3 Å². The largest absolute Gasteiger partial charge is 0.390 e. The van der Waals surface area contributed by atoms with Gasteiger partial charge in [0.1, 0.15) is 5.82 Å². The highest BCUT2D eigenvalue weighted by Crippen LogP contribution is 2.16. The second-order valence-electron chi connectivity index (χ2n) is 5.23. The molecule has 0 radical (unpaired) electrons. The first-order valence-electron chi connectivity index (χ1n) is 7.11. The number of nitrogens with zero attached hydrogens (tertiary/aromatic N) is 3. The van der Waals surface area contributed by atoms with Gasteiger partial charge in [-0.2, -0.15) is 4.98 Å². The summed E-state index contributed by atoms with van der Waals surface area (Å²) in [4.78, 5) is 23.0. The second kappa shape index (κ2) is 6.39. The Morgan fingerprint density at radius 2 is 2.04 bits per heavy atom. The van der Waals surface area contributed by atoms with E-state index in [9.17, 15) is 9.90 Å². The molecule has 23 heavy (non-hydrogen) atoms. The van der Waals surface area contributed by atoms with Gasteiger partial charge in [0.15, 0.2) is 11.2 Å². The molecule has 0 saturated carbocycles. The number of nitrogens with one attached hydrogen (secondary N) is 1. The number of aliphatic hydroxyl groups excluding tert-OH is 1. The van der Waals surface area contributed by atoms with Crippen LogP contribution >= 0.6 is 11.6 Å². The summed E-state index contributed by atoms with van der Waals surface area (Å²) in [6.07, 6.45) is -0.267. The van der Waals surface area contributed by atoms with E-state index in [1.807, 2.05) is 30.3 Å². The monoisotopic (exact) mass is 333 g/mol. The van der Waals surface area contributed by atoms with Crippen molar-refractivity contribution in [3.8, 4) is 0 Å². The van der Waals surface area contributed by atoms with Crippen LogP contribution in [0.25, 0.3) is 11.2 Å². The number of benzene rings is 1. The lowest BCUT2D eigenvalue weighted by Crippen LogP contribution is -2.20. The molecule has 0 bridgehead atoms. The molecule has 7 nitrogen and oxygen atoms in total. The number of halogens is 1. The predicted octanol–water partition coefficient (Wildman–Crippen LogP) is 0.892. The molecule has 3 aromatic rings. The summed E-state index contributed by atoms with van der Waals surface area (Å²) in [7, 11) is 0. The van der Waals surface area contributed by atoms with Crippen molar-refractivity contribution < 1.29 is 5.11 Å². The van der Waals surface area contributed by atoms with E-state index in [-0.39, 0.29) is 23.9 Å². The Hall–Kier alpha value is -2.38. The maximum absolute atomic E-state index is 12.0. The van der Waals surface area contributed by atoms with Crippen molar-refractivity contribution in [1.82, 2.24) is 19.5 Å². The standard InChI is InChI=1S/C15H16ClN5O2/c16-7-10(22)8-21-11(6-9-4-2-1-3-5-9)18-12-13(21)19-15(17)20-14(12)23/h1-5,10,22H,6-8H2,(H3,17,19,20,23). The van der Waals surface area contributed by atoms with Crippen LogP contribution in [0.5, 0.6) is 0 Å². The quantitative estimate of drug-likeness (QED) is 0.601. The zero-order valence-electron chi connectivity index (χ0n) is 12.2. The lowest BCUT2D eigenvalue weighted by atomic mass is 10.1. The molecule has 3 rings (SSSR count). The Morgan fingerprint density at radius 3 is 2.74 bits per heavy atom. The van der Waals surface area contributed by atoms with Gasteiger partial charge in [0, 0.05) is 6.42 Å². The third-order valence-corrected chi connectivity index (χ3v) is 3.84. The number of fused-ring (bicyclic) bond motifs is 1. The first kappa shape index (κ1) is 15.5. The molecule has 0 aliphatic heterocycles. The smallest absolute Gasteiger partial charge is 0.280 e. The van der Waals surface area contributed by atoms with Crippen LogP contribution < -0.4 is 11.3 Å². The van der Waals surface area contributed by atoms with Crippen molar-refractivity contribution in [2.75, 3.05) is 11.6 Å². The second-order valence-corrected chi connectivity index (χ2v) is 5.54. The van der Waals surface area contributed by atoms with Crippen LogP contribution in [0.3, 0.4) is 0 Å². The minimum absolute atomic E-state index is 0.00951. The van der Waals surface area contributed by atoms with Gasteiger partial charge in [-0.15, -0.1) is 11.6 Å².